The predicted octanol–water partition coefficient (Wildman–Crippen LogP) is 0.0130. The van der Waals surface area contributed by atoms with Gasteiger partial charge in [-0.3, -0.25) is 9.59 Å². The second-order valence-electron chi connectivity index (χ2n) is 4.59. The summed E-state index contributed by atoms with van der Waals surface area (Å²) in [4.78, 5) is 25.0. The van der Waals surface area contributed by atoms with E-state index in [4.69, 9.17) is 5.11 Å². The zero-order chi connectivity index (χ0) is 12.4. The molecule has 17 heavy (non-hydrogen) atoms. The van der Waals surface area contributed by atoms with Crippen molar-refractivity contribution in [3.8, 4) is 0 Å². The summed E-state index contributed by atoms with van der Waals surface area (Å²) in [5.41, 5.74) is 0. The zero-order valence-electron chi connectivity index (χ0n) is 9.89. The van der Waals surface area contributed by atoms with Crippen molar-refractivity contribution in [2.24, 2.45) is 5.92 Å². The maximum absolute atomic E-state index is 12.2. The molecule has 2 heterocycles. The van der Waals surface area contributed by atoms with Gasteiger partial charge in [-0.2, -0.15) is 11.8 Å². The van der Waals surface area contributed by atoms with Crippen LogP contribution >= 0.6 is 11.8 Å². The number of aliphatic carboxylic acids is 1. The molecule has 2 aliphatic rings. The standard InChI is InChI=1S/C11H18N2O3S/c1-7-8(11(15)16)2-4-13(7)10(14)9-6-17-5-3-12-9/h7-9,12H,2-6H2,1H3,(H,15,16). The number of nitrogens with zero attached hydrogens (tertiary/aromatic N) is 1. The fourth-order valence-electron chi connectivity index (χ4n) is 2.51. The molecular weight excluding hydrogens is 240 g/mol. The molecule has 2 fully saturated rings. The van der Waals surface area contributed by atoms with Crippen LogP contribution in [-0.4, -0.2) is 58.6 Å². The summed E-state index contributed by atoms with van der Waals surface area (Å²) in [6.45, 7) is 3.26. The minimum absolute atomic E-state index is 0.0634. The van der Waals surface area contributed by atoms with Gasteiger partial charge in [-0.05, 0) is 13.3 Å². The molecule has 0 aromatic rings. The lowest BCUT2D eigenvalue weighted by Gasteiger charge is -2.30. The van der Waals surface area contributed by atoms with Crippen molar-refractivity contribution >= 4 is 23.6 Å². The first-order chi connectivity index (χ1) is 8.11. The largest absolute Gasteiger partial charge is 0.481 e. The molecule has 0 aliphatic carbocycles. The van der Waals surface area contributed by atoms with Crippen LogP contribution < -0.4 is 5.32 Å². The van der Waals surface area contributed by atoms with Crippen molar-refractivity contribution in [1.82, 2.24) is 10.2 Å². The monoisotopic (exact) mass is 258 g/mol. The molecule has 96 valence electrons. The molecule has 5 nitrogen and oxygen atoms in total. The van der Waals surface area contributed by atoms with Crippen LogP contribution in [0.15, 0.2) is 0 Å². The van der Waals surface area contributed by atoms with E-state index in [0.29, 0.717) is 13.0 Å². The Kier molecular flexibility index (Phi) is 3.93. The number of amides is 1. The number of likely N-dealkylation sites (tertiary alicyclic amines) is 1. The van der Waals surface area contributed by atoms with E-state index in [1.54, 1.807) is 16.7 Å². The van der Waals surface area contributed by atoms with Crippen LogP contribution in [-0.2, 0) is 9.59 Å². The molecule has 3 atom stereocenters. The van der Waals surface area contributed by atoms with Gasteiger partial charge in [0.15, 0.2) is 0 Å². The van der Waals surface area contributed by atoms with Crippen LogP contribution in [0.4, 0.5) is 0 Å². The molecule has 2 saturated heterocycles. The first kappa shape index (κ1) is 12.7. The van der Waals surface area contributed by atoms with Gasteiger partial charge < -0.3 is 15.3 Å². The highest BCUT2D eigenvalue weighted by molar-refractivity contribution is 7.99. The number of carbonyl (C=O) groups is 2. The van der Waals surface area contributed by atoms with Gasteiger partial charge in [0.1, 0.15) is 0 Å². The fourth-order valence-corrected chi connectivity index (χ4v) is 3.43. The summed E-state index contributed by atoms with van der Waals surface area (Å²) in [5.74, 6) is 0.694. The summed E-state index contributed by atoms with van der Waals surface area (Å²) in [6.07, 6.45) is 0.572. The van der Waals surface area contributed by atoms with Gasteiger partial charge >= 0.3 is 5.97 Å². The Morgan fingerprint density at radius 2 is 2.24 bits per heavy atom. The molecule has 0 bridgehead atoms. The molecule has 0 spiro atoms. The second-order valence-corrected chi connectivity index (χ2v) is 5.74. The van der Waals surface area contributed by atoms with Gasteiger partial charge in [-0.15, -0.1) is 0 Å². The van der Waals surface area contributed by atoms with Gasteiger partial charge in [-0.1, -0.05) is 0 Å². The van der Waals surface area contributed by atoms with E-state index in [9.17, 15) is 9.59 Å². The van der Waals surface area contributed by atoms with E-state index in [1.165, 1.54) is 0 Å². The zero-order valence-corrected chi connectivity index (χ0v) is 10.7. The van der Waals surface area contributed by atoms with Gasteiger partial charge in [-0.25, -0.2) is 0 Å². The number of carbonyl (C=O) groups excluding carboxylic acids is 1. The first-order valence-electron chi connectivity index (χ1n) is 5.95. The van der Waals surface area contributed by atoms with Crippen LogP contribution in [0.5, 0.6) is 0 Å². The lowest BCUT2D eigenvalue weighted by atomic mass is 10.0. The van der Waals surface area contributed by atoms with Gasteiger partial charge in [0, 0.05) is 30.6 Å². The minimum atomic E-state index is -0.793. The molecular formula is C11H18N2O3S. The Balaban J connectivity index is 1.98. The highest BCUT2D eigenvalue weighted by Crippen LogP contribution is 2.25. The minimum Gasteiger partial charge on any atom is -0.481 e. The first-order valence-corrected chi connectivity index (χ1v) is 7.11. The van der Waals surface area contributed by atoms with Gasteiger partial charge in [0.25, 0.3) is 0 Å². The van der Waals surface area contributed by atoms with Crippen LogP contribution in [0.1, 0.15) is 13.3 Å². The molecule has 1 amide bonds. The average Bonchev–Trinajstić information content (AvgIpc) is 2.71. The van der Waals surface area contributed by atoms with Crippen molar-refractivity contribution < 1.29 is 14.7 Å². The molecule has 0 aromatic carbocycles. The van der Waals surface area contributed by atoms with E-state index in [2.05, 4.69) is 5.32 Å². The van der Waals surface area contributed by atoms with Crippen LogP contribution in [0.25, 0.3) is 0 Å². The third kappa shape index (κ3) is 2.57. The molecule has 2 rings (SSSR count). The van der Waals surface area contributed by atoms with E-state index in [1.807, 2.05) is 6.92 Å². The van der Waals surface area contributed by atoms with E-state index < -0.39 is 11.9 Å². The van der Waals surface area contributed by atoms with Crippen LogP contribution in [0.2, 0.25) is 0 Å². The fraction of sp³-hybridized carbons (Fsp3) is 0.818. The summed E-state index contributed by atoms with van der Waals surface area (Å²) in [6, 6.07) is -0.322. The van der Waals surface area contributed by atoms with E-state index >= 15 is 0 Å². The Morgan fingerprint density at radius 1 is 1.47 bits per heavy atom. The number of rotatable bonds is 2. The third-order valence-corrected chi connectivity index (χ3v) is 4.64. The van der Waals surface area contributed by atoms with Crippen molar-refractivity contribution in [2.45, 2.75) is 25.4 Å². The molecule has 6 heteroatoms. The lowest BCUT2D eigenvalue weighted by molar-refractivity contribution is -0.143. The Labute approximate surface area is 105 Å². The highest BCUT2D eigenvalue weighted by Gasteiger charge is 2.40. The van der Waals surface area contributed by atoms with Gasteiger partial charge in [0.2, 0.25) is 5.91 Å². The van der Waals surface area contributed by atoms with E-state index in [0.717, 1.165) is 18.1 Å². The van der Waals surface area contributed by atoms with Crippen LogP contribution in [0, 0.1) is 5.92 Å². The number of carboxylic acid groups (broad SMARTS) is 1. The molecule has 0 aromatic heterocycles. The summed E-state index contributed by atoms with van der Waals surface area (Å²) in [5, 5.41) is 12.2. The highest BCUT2D eigenvalue weighted by atomic mass is 32.2. The molecule has 2 N–H and O–H groups in total. The molecule has 0 saturated carbocycles. The van der Waals surface area contributed by atoms with Crippen LogP contribution in [0.3, 0.4) is 0 Å². The maximum atomic E-state index is 12.2. The number of carboxylic acids is 1. The quantitative estimate of drug-likeness (QED) is 0.730. The average molecular weight is 258 g/mol. The smallest absolute Gasteiger partial charge is 0.308 e. The normalized spacial score (nSPS) is 33.7. The molecule has 2 aliphatic heterocycles. The number of thioether (sulfide) groups is 1. The van der Waals surface area contributed by atoms with Crippen molar-refractivity contribution in [3.63, 3.8) is 0 Å². The molecule has 0 radical (unpaired) electrons. The SMILES string of the molecule is CC1C(C(=O)O)CCN1C(=O)C1CSCCN1. The second kappa shape index (κ2) is 5.27. The van der Waals surface area contributed by atoms with Crippen molar-refractivity contribution in [3.05, 3.63) is 0 Å². The Morgan fingerprint density at radius 3 is 2.76 bits per heavy atom. The van der Waals surface area contributed by atoms with Crippen molar-refractivity contribution in [2.75, 3.05) is 24.6 Å². The lowest BCUT2D eigenvalue weighted by Crippen LogP contribution is -2.52. The predicted molar refractivity (Wildman–Crippen MR) is 66.0 cm³/mol. The number of hydrogen-bond donors (Lipinski definition) is 2. The summed E-state index contributed by atoms with van der Waals surface area (Å²) >= 11 is 1.77. The van der Waals surface area contributed by atoms with Crippen molar-refractivity contribution in [1.29, 1.82) is 0 Å². The van der Waals surface area contributed by atoms with E-state index in [-0.39, 0.29) is 18.0 Å². The molecule has 3 unspecified atom stereocenters. The summed E-state index contributed by atoms with van der Waals surface area (Å²) in [7, 11) is 0. The number of nitrogens with one attached hydrogen (secondary N) is 1. The third-order valence-electron chi connectivity index (χ3n) is 3.57. The Bertz CT molecular complexity index is 318. The Hall–Kier alpha value is -0.750. The van der Waals surface area contributed by atoms with Gasteiger partial charge in [0.05, 0.1) is 12.0 Å². The summed E-state index contributed by atoms with van der Waals surface area (Å²) < 4.78 is 0. The maximum Gasteiger partial charge on any atom is 0.308 e. The number of hydrogen-bond acceptors (Lipinski definition) is 4. The topological polar surface area (TPSA) is 69.6 Å².